The molecule has 0 aromatic heterocycles. The van der Waals surface area contributed by atoms with E-state index in [0.29, 0.717) is 12.0 Å². The Labute approximate surface area is 131 Å². The van der Waals surface area contributed by atoms with Crippen LogP contribution in [0.2, 0.25) is 0 Å². The summed E-state index contributed by atoms with van der Waals surface area (Å²) in [7, 11) is 0. The van der Waals surface area contributed by atoms with Crippen LogP contribution in [-0.4, -0.2) is 29.5 Å². The van der Waals surface area contributed by atoms with Crippen LogP contribution in [0.3, 0.4) is 0 Å². The van der Waals surface area contributed by atoms with Crippen molar-refractivity contribution in [1.82, 2.24) is 4.90 Å². The highest BCUT2D eigenvalue weighted by Crippen LogP contribution is 2.20. The summed E-state index contributed by atoms with van der Waals surface area (Å²) in [5, 5.41) is 0. The van der Waals surface area contributed by atoms with Gasteiger partial charge in [-0.2, -0.15) is 0 Å². The van der Waals surface area contributed by atoms with E-state index in [1.165, 1.54) is 4.90 Å². The number of hydrogen-bond donors (Lipinski definition) is 0. The number of unbranched alkanes of at least 4 members (excludes halogenated alkanes) is 2. The molecule has 2 amide bonds. The van der Waals surface area contributed by atoms with Gasteiger partial charge in [-0.05, 0) is 25.3 Å². The first-order chi connectivity index (χ1) is 10.6. The smallest absolute Gasteiger partial charge is 0.417 e. The number of nitrogens with zero attached hydrogens (tertiary/aromatic N) is 1. The largest absolute Gasteiger partial charge is 0.447 e. The molecule has 118 valence electrons. The van der Waals surface area contributed by atoms with E-state index in [2.05, 4.69) is 6.92 Å². The molecule has 1 saturated heterocycles. The fourth-order valence-electron chi connectivity index (χ4n) is 2.55. The lowest BCUT2D eigenvalue weighted by Gasteiger charge is -2.20. The number of hydrogen-bond acceptors (Lipinski definition) is 3. The Morgan fingerprint density at radius 3 is 2.77 bits per heavy atom. The first-order valence-corrected chi connectivity index (χ1v) is 7.84. The Kier molecular flexibility index (Phi) is 5.75. The molecule has 4 nitrogen and oxygen atoms in total. The average molecular weight is 301 g/mol. The fraction of sp³-hybridized carbons (Fsp3) is 0.444. The van der Waals surface area contributed by atoms with Gasteiger partial charge in [0.05, 0.1) is 6.04 Å². The zero-order valence-electron chi connectivity index (χ0n) is 13.2. The summed E-state index contributed by atoms with van der Waals surface area (Å²) in [5.41, 5.74) is 1.71. The van der Waals surface area contributed by atoms with Crippen LogP contribution in [0.1, 0.15) is 38.7 Å². The molecular weight excluding hydrogens is 278 g/mol. The number of amides is 2. The van der Waals surface area contributed by atoms with Crippen molar-refractivity contribution in [1.29, 1.82) is 0 Å². The van der Waals surface area contributed by atoms with Gasteiger partial charge in [-0.3, -0.25) is 4.79 Å². The maximum absolute atomic E-state index is 12.5. The lowest BCUT2D eigenvalue weighted by molar-refractivity contribution is -0.125. The zero-order valence-corrected chi connectivity index (χ0v) is 13.2. The third kappa shape index (κ3) is 3.97. The second kappa shape index (κ2) is 7.78. The van der Waals surface area contributed by atoms with Crippen LogP contribution in [-0.2, 0) is 16.0 Å². The van der Waals surface area contributed by atoms with Crippen LogP contribution < -0.4 is 0 Å². The quantitative estimate of drug-likeness (QED) is 0.594. The first kappa shape index (κ1) is 16.3. The van der Waals surface area contributed by atoms with Gasteiger partial charge in [-0.1, -0.05) is 56.2 Å². The molecule has 1 aliphatic heterocycles. The molecule has 0 bridgehead atoms. The minimum Gasteiger partial charge on any atom is -0.447 e. The van der Waals surface area contributed by atoms with Crippen LogP contribution in [0.25, 0.3) is 0 Å². The van der Waals surface area contributed by atoms with Crippen LogP contribution in [0.15, 0.2) is 42.0 Å². The molecule has 22 heavy (non-hydrogen) atoms. The van der Waals surface area contributed by atoms with E-state index in [0.717, 1.165) is 24.8 Å². The SMILES string of the molecule is CCCC/C=C(\C)C(=O)N1C(=O)OC[C@H]1Cc1ccccc1. The Balaban J connectivity index is 2.07. The standard InChI is InChI=1S/C18H23NO3/c1-3-4-6-9-14(2)17(20)19-16(13-22-18(19)21)12-15-10-7-5-8-11-15/h5,7-11,16H,3-4,6,12-13H2,1-2H3/b14-9+/t16-/m1/s1. The third-order valence-electron chi connectivity index (χ3n) is 3.84. The predicted octanol–water partition coefficient (Wildman–Crippen LogP) is 3.71. The lowest BCUT2D eigenvalue weighted by Crippen LogP contribution is -2.40. The van der Waals surface area contributed by atoms with E-state index >= 15 is 0 Å². The minimum atomic E-state index is -0.533. The van der Waals surface area contributed by atoms with Crippen molar-refractivity contribution >= 4 is 12.0 Å². The monoisotopic (exact) mass is 301 g/mol. The Morgan fingerprint density at radius 1 is 1.36 bits per heavy atom. The summed E-state index contributed by atoms with van der Waals surface area (Å²) in [6.07, 6.45) is 5.00. The van der Waals surface area contributed by atoms with Gasteiger partial charge in [-0.15, -0.1) is 0 Å². The summed E-state index contributed by atoms with van der Waals surface area (Å²) < 4.78 is 5.09. The molecule has 0 saturated carbocycles. The summed E-state index contributed by atoms with van der Waals surface area (Å²) >= 11 is 0. The molecule has 1 atom stereocenters. The molecule has 4 heteroatoms. The van der Waals surface area contributed by atoms with Crippen molar-refractivity contribution in [2.45, 2.75) is 45.6 Å². The number of allylic oxidation sites excluding steroid dienone is 1. The topological polar surface area (TPSA) is 46.6 Å². The zero-order chi connectivity index (χ0) is 15.9. The molecule has 0 spiro atoms. The summed E-state index contributed by atoms with van der Waals surface area (Å²) in [4.78, 5) is 25.7. The number of benzene rings is 1. The molecule has 1 fully saturated rings. The molecule has 0 N–H and O–H groups in total. The number of rotatable bonds is 6. The maximum atomic E-state index is 12.5. The molecule has 0 radical (unpaired) electrons. The van der Waals surface area contributed by atoms with Crippen LogP contribution in [0.5, 0.6) is 0 Å². The van der Waals surface area contributed by atoms with Crippen molar-refractivity contribution in [3.63, 3.8) is 0 Å². The van der Waals surface area contributed by atoms with Gasteiger partial charge < -0.3 is 4.74 Å². The fourth-order valence-corrected chi connectivity index (χ4v) is 2.55. The number of ether oxygens (including phenoxy) is 1. The summed E-state index contributed by atoms with van der Waals surface area (Å²) in [5.74, 6) is -0.237. The lowest BCUT2D eigenvalue weighted by atomic mass is 10.0. The summed E-state index contributed by atoms with van der Waals surface area (Å²) in [6, 6.07) is 9.62. The summed E-state index contributed by atoms with van der Waals surface area (Å²) in [6.45, 7) is 4.14. The minimum absolute atomic E-state index is 0.225. The number of carbonyl (C=O) groups is 2. The van der Waals surface area contributed by atoms with E-state index in [9.17, 15) is 9.59 Å². The van der Waals surface area contributed by atoms with Crippen LogP contribution in [0.4, 0.5) is 4.79 Å². The number of imide groups is 1. The van der Waals surface area contributed by atoms with Gasteiger partial charge in [0.1, 0.15) is 6.61 Å². The first-order valence-electron chi connectivity index (χ1n) is 7.84. The number of cyclic esters (lactones) is 1. The molecule has 1 heterocycles. The van der Waals surface area contributed by atoms with E-state index < -0.39 is 6.09 Å². The maximum Gasteiger partial charge on any atom is 0.417 e. The van der Waals surface area contributed by atoms with E-state index in [1.807, 2.05) is 36.4 Å². The highest BCUT2D eigenvalue weighted by atomic mass is 16.6. The highest BCUT2D eigenvalue weighted by Gasteiger charge is 2.38. The molecule has 1 aromatic rings. The van der Waals surface area contributed by atoms with Crippen molar-refractivity contribution < 1.29 is 14.3 Å². The van der Waals surface area contributed by atoms with Crippen molar-refractivity contribution in [2.24, 2.45) is 0 Å². The molecule has 0 aliphatic carbocycles. The Morgan fingerprint density at radius 2 is 2.09 bits per heavy atom. The molecule has 2 rings (SSSR count). The molecule has 0 unspecified atom stereocenters. The average Bonchev–Trinajstić information content (AvgIpc) is 2.88. The van der Waals surface area contributed by atoms with Crippen molar-refractivity contribution in [2.75, 3.05) is 6.61 Å². The van der Waals surface area contributed by atoms with Crippen LogP contribution >= 0.6 is 0 Å². The van der Waals surface area contributed by atoms with Gasteiger partial charge in [-0.25, -0.2) is 9.69 Å². The second-order valence-electron chi connectivity index (χ2n) is 5.62. The van der Waals surface area contributed by atoms with Gasteiger partial charge in [0.2, 0.25) is 0 Å². The number of carbonyl (C=O) groups excluding carboxylic acids is 2. The van der Waals surface area contributed by atoms with Gasteiger partial charge in [0.25, 0.3) is 5.91 Å². The van der Waals surface area contributed by atoms with Gasteiger partial charge in [0, 0.05) is 5.57 Å². The molecule has 1 aliphatic rings. The molecular formula is C18H23NO3. The van der Waals surface area contributed by atoms with Crippen molar-refractivity contribution in [3.05, 3.63) is 47.5 Å². The van der Waals surface area contributed by atoms with E-state index in [4.69, 9.17) is 4.74 Å². The Bertz CT molecular complexity index is 551. The predicted molar refractivity (Wildman–Crippen MR) is 85.4 cm³/mol. The van der Waals surface area contributed by atoms with E-state index in [1.54, 1.807) is 6.92 Å². The highest BCUT2D eigenvalue weighted by molar-refractivity contribution is 6.03. The third-order valence-corrected chi connectivity index (χ3v) is 3.84. The molecule has 1 aromatic carbocycles. The van der Waals surface area contributed by atoms with Crippen molar-refractivity contribution in [3.8, 4) is 0 Å². The second-order valence-corrected chi connectivity index (χ2v) is 5.62. The van der Waals surface area contributed by atoms with E-state index in [-0.39, 0.29) is 18.6 Å². The normalized spacial score (nSPS) is 18.5. The van der Waals surface area contributed by atoms with Crippen LogP contribution in [0, 0.1) is 0 Å². The van der Waals surface area contributed by atoms with Gasteiger partial charge in [0.15, 0.2) is 0 Å². The van der Waals surface area contributed by atoms with Gasteiger partial charge >= 0.3 is 6.09 Å². The Hall–Kier alpha value is -2.10.